The average Bonchev–Trinajstić information content (AvgIpc) is 2.59. The molecule has 0 bridgehead atoms. The number of hydrogen-bond donors (Lipinski definition) is 0. The van der Waals surface area contributed by atoms with E-state index in [4.69, 9.17) is 4.74 Å². The first-order valence-corrected chi connectivity index (χ1v) is 8.27. The molecule has 2 rings (SSSR count). The summed E-state index contributed by atoms with van der Waals surface area (Å²) in [5.74, 6) is 0.809. The number of methoxy groups -OCH3 is 1. The molecule has 0 spiro atoms. The number of amides is 2. The molecule has 126 valence electrons. The Labute approximate surface area is 138 Å². The van der Waals surface area contributed by atoms with E-state index in [0.717, 1.165) is 37.2 Å². The quantitative estimate of drug-likeness (QED) is 0.807. The summed E-state index contributed by atoms with van der Waals surface area (Å²) >= 11 is 0. The van der Waals surface area contributed by atoms with Crippen molar-refractivity contribution in [3.05, 3.63) is 29.8 Å². The molecule has 1 aliphatic heterocycles. The van der Waals surface area contributed by atoms with Gasteiger partial charge in [-0.15, -0.1) is 0 Å². The van der Waals surface area contributed by atoms with Crippen LogP contribution in [-0.2, 0) is 16.0 Å². The summed E-state index contributed by atoms with van der Waals surface area (Å²) in [6.45, 7) is 3.85. The zero-order chi connectivity index (χ0) is 16.7. The van der Waals surface area contributed by atoms with Crippen molar-refractivity contribution in [2.24, 2.45) is 0 Å². The van der Waals surface area contributed by atoms with Crippen molar-refractivity contribution in [2.75, 3.05) is 33.3 Å². The van der Waals surface area contributed by atoms with Gasteiger partial charge in [0.15, 0.2) is 0 Å². The molecule has 1 aromatic rings. The lowest BCUT2D eigenvalue weighted by atomic mass is 10.1. The third-order valence-electron chi connectivity index (χ3n) is 4.32. The number of rotatable bonds is 6. The van der Waals surface area contributed by atoms with Crippen LogP contribution in [-0.4, -0.2) is 54.9 Å². The summed E-state index contributed by atoms with van der Waals surface area (Å²) in [5, 5.41) is 0. The van der Waals surface area contributed by atoms with Crippen LogP contribution in [0.25, 0.3) is 0 Å². The summed E-state index contributed by atoms with van der Waals surface area (Å²) in [6, 6.07) is 7.77. The first-order chi connectivity index (χ1) is 11.1. The molecule has 0 saturated carbocycles. The van der Waals surface area contributed by atoms with Gasteiger partial charge in [0, 0.05) is 26.6 Å². The minimum Gasteiger partial charge on any atom is -0.496 e. The third-order valence-corrected chi connectivity index (χ3v) is 4.32. The monoisotopic (exact) mass is 318 g/mol. The van der Waals surface area contributed by atoms with Gasteiger partial charge in [-0.1, -0.05) is 18.2 Å². The maximum atomic E-state index is 12.4. The summed E-state index contributed by atoms with van der Waals surface area (Å²) in [7, 11) is 1.64. The molecule has 1 fully saturated rings. The Hall–Kier alpha value is -2.04. The number of para-hydroxylation sites is 1. The minimum absolute atomic E-state index is 0.0555. The number of piperidine rings is 1. The van der Waals surface area contributed by atoms with Crippen LogP contribution in [0.3, 0.4) is 0 Å². The van der Waals surface area contributed by atoms with Gasteiger partial charge in [-0.25, -0.2) is 0 Å². The number of carbonyl (C=O) groups excluding carboxylic acids is 2. The topological polar surface area (TPSA) is 49.9 Å². The second kappa shape index (κ2) is 8.56. The highest BCUT2D eigenvalue weighted by Gasteiger charge is 2.20. The van der Waals surface area contributed by atoms with E-state index in [1.165, 1.54) is 13.3 Å². The van der Waals surface area contributed by atoms with E-state index in [2.05, 4.69) is 0 Å². The molecule has 0 aliphatic carbocycles. The van der Waals surface area contributed by atoms with Crippen molar-refractivity contribution in [3.63, 3.8) is 0 Å². The highest BCUT2D eigenvalue weighted by atomic mass is 16.5. The molecular weight excluding hydrogens is 292 g/mol. The molecule has 0 unspecified atom stereocenters. The van der Waals surface area contributed by atoms with E-state index in [0.29, 0.717) is 13.0 Å². The highest BCUT2D eigenvalue weighted by Crippen LogP contribution is 2.18. The van der Waals surface area contributed by atoms with Crippen LogP contribution >= 0.6 is 0 Å². The zero-order valence-electron chi connectivity index (χ0n) is 14.1. The van der Waals surface area contributed by atoms with Crippen molar-refractivity contribution >= 4 is 11.8 Å². The maximum absolute atomic E-state index is 12.4. The van der Waals surface area contributed by atoms with E-state index in [9.17, 15) is 9.59 Å². The molecule has 1 aromatic carbocycles. The van der Waals surface area contributed by atoms with Crippen molar-refractivity contribution in [1.82, 2.24) is 9.80 Å². The maximum Gasteiger partial charge on any atom is 0.242 e. The first kappa shape index (κ1) is 17.3. The zero-order valence-corrected chi connectivity index (χ0v) is 14.1. The number of benzene rings is 1. The number of likely N-dealkylation sites (tertiary alicyclic amines) is 1. The van der Waals surface area contributed by atoms with Crippen LogP contribution < -0.4 is 4.74 Å². The molecule has 0 atom stereocenters. The van der Waals surface area contributed by atoms with Gasteiger partial charge in [0.2, 0.25) is 11.8 Å². The van der Waals surface area contributed by atoms with Gasteiger partial charge in [-0.2, -0.15) is 0 Å². The normalized spacial score (nSPS) is 14.4. The number of hydrogen-bond acceptors (Lipinski definition) is 3. The third kappa shape index (κ3) is 4.98. The van der Waals surface area contributed by atoms with Crippen LogP contribution in [0.2, 0.25) is 0 Å². The van der Waals surface area contributed by atoms with E-state index in [-0.39, 0.29) is 18.4 Å². The Bertz CT molecular complexity index is 539. The molecular formula is C18H26N2O3. The van der Waals surface area contributed by atoms with Gasteiger partial charge in [0.05, 0.1) is 13.7 Å². The summed E-state index contributed by atoms with van der Waals surface area (Å²) in [4.78, 5) is 27.7. The largest absolute Gasteiger partial charge is 0.496 e. The fraction of sp³-hybridized carbons (Fsp3) is 0.556. The molecule has 0 radical (unpaired) electrons. The van der Waals surface area contributed by atoms with Gasteiger partial charge in [-0.3, -0.25) is 9.59 Å². The Balaban J connectivity index is 1.93. The summed E-state index contributed by atoms with van der Waals surface area (Å²) < 4.78 is 5.34. The van der Waals surface area contributed by atoms with E-state index in [1.54, 1.807) is 12.0 Å². The smallest absolute Gasteiger partial charge is 0.242 e. The minimum atomic E-state index is -0.0646. The van der Waals surface area contributed by atoms with Gasteiger partial charge in [0.25, 0.3) is 0 Å². The van der Waals surface area contributed by atoms with Crippen molar-refractivity contribution in [1.29, 1.82) is 0 Å². The van der Waals surface area contributed by atoms with Crippen molar-refractivity contribution in [2.45, 2.75) is 32.6 Å². The summed E-state index contributed by atoms with van der Waals surface area (Å²) in [5.41, 5.74) is 1.05. The fourth-order valence-electron chi connectivity index (χ4n) is 2.92. The highest BCUT2D eigenvalue weighted by molar-refractivity contribution is 5.83. The van der Waals surface area contributed by atoms with Crippen molar-refractivity contribution < 1.29 is 14.3 Å². The SMILES string of the molecule is COc1ccccc1CCN(CC(=O)N1CCCCC1)C(C)=O. The van der Waals surface area contributed by atoms with E-state index < -0.39 is 0 Å². The number of ether oxygens (including phenoxy) is 1. The Kier molecular flexibility index (Phi) is 6.44. The van der Waals surface area contributed by atoms with Gasteiger partial charge in [-0.05, 0) is 37.3 Å². The molecule has 5 nitrogen and oxygen atoms in total. The van der Waals surface area contributed by atoms with Gasteiger partial charge >= 0.3 is 0 Å². The fourth-order valence-corrected chi connectivity index (χ4v) is 2.92. The second-order valence-electron chi connectivity index (χ2n) is 5.94. The first-order valence-electron chi connectivity index (χ1n) is 8.27. The Morgan fingerprint density at radius 1 is 1.17 bits per heavy atom. The second-order valence-corrected chi connectivity index (χ2v) is 5.94. The van der Waals surface area contributed by atoms with E-state index in [1.807, 2.05) is 29.2 Å². The lowest BCUT2D eigenvalue weighted by Gasteiger charge is -2.29. The van der Waals surface area contributed by atoms with Crippen LogP contribution in [0, 0.1) is 0 Å². The molecule has 2 amide bonds. The molecule has 0 aromatic heterocycles. The van der Waals surface area contributed by atoms with Crippen LogP contribution in [0.4, 0.5) is 0 Å². The molecule has 23 heavy (non-hydrogen) atoms. The molecule has 1 heterocycles. The molecule has 1 aliphatic rings. The standard InChI is InChI=1S/C18H26N2O3/c1-15(21)20(14-18(22)19-11-6-3-7-12-19)13-10-16-8-4-5-9-17(16)23-2/h4-5,8-9H,3,6-7,10-14H2,1-2H3. The van der Waals surface area contributed by atoms with Gasteiger partial charge in [0.1, 0.15) is 5.75 Å². The Morgan fingerprint density at radius 3 is 2.52 bits per heavy atom. The van der Waals surface area contributed by atoms with Gasteiger partial charge < -0.3 is 14.5 Å². The average molecular weight is 318 g/mol. The van der Waals surface area contributed by atoms with Crippen LogP contribution in [0.1, 0.15) is 31.7 Å². The van der Waals surface area contributed by atoms with Crippen LogP contribution in [0.5, 0.6) is 5.75 Å². The number of carbonyl (C=O) groups is 2. The lowest BCUT2D eigenvalue weighted by molar-refractivity contribution is -0.140. The van der Waals surface area contributed by atoms with E-state index >= 15 is 0 Å². The predicted octanol–water partition coefficient (Wildman–Crippen LogP) is 2.10. The lowest BCUT2D eigenvalue weighted by Crippen LogP contribution is -2.44. The predicted molar refractivity (Wildman–Crippen MR) is 89.4 cm³/mol. The summed E-state index contributed by atoms with van der Waals surface area (Å²) in [6.07, 6.45) is 3.99. The molecule has 5 heteroatoms. The van der Waals surface area contributed by atoms with Crippen LogP contribution in [0.15, 0.2) is 24.3 Å². The Morgan fingerprint density at radius 2 is 1.87 bits per heavy atom. The molecule has 0 N–H and O–H groups in total. The van der Waals surface area contributed by atoms with Crippen molar-refractivity contribution in [3.8, 4) is 5.75 Å². The molecule has 1 saturated heterocycles. The number of nitrogens with zero attached hydrogens (tertiary/aromatic N) is 2.